The minimum absolute atomic E-state index is 0.308. The summed E-state index contributed by atoms with van der Waals surface area (Å²) in [5, 5.41) is 0. The molecule has 18 heavy (non-hydrogen) atoms. The summed E-state index contributed by atoms with van der Waals surface area (Å²) in [6, 6.07) is 6.49. The van der Waals surface area contributed by atoms with Crippen molar-refractivity contribution in [1.29, 1.82) is 0 Å². The van der Waals surface area contributed by atoms with E-state index < -0.39 is 27.9 Å². The van der Waals surface area contributed by atoms with Gasteiger partial charge < -0.3 is 4.74 Å². The number of ether oxygens (including phenoxy) is 1. The van der Waals surface area contributed by atoms with Gasteiger partial charge in [0, 0.05) is 0 Å². The van der Waals surface area contributed by atoms with E-state index in [1.165, 1.54) is 6.92 Å². The van der Waals surface area contributed by atoms with Crippen molar-refractivity contribution in [3.05, 3.63) is 42.0 Å². The average Bonchev–Trinajstić information content (AvgIpc) is 2.26. The van der Waals surface area contributed by atoms with Crippen molar-refractivity contribution in [2.45, 2.75) is 13.0 Å². The lowest BCUT2D eigenvalue weighted by Crippen LogP contribution is -2.23. The summed E-state index contributed by atoms with van der Waals surface area (Å²) in [7, 11) is -4.15. The van der Waals surface area contributed by atoms with Crippen molar-refractivity contribution >= 4 is 22.2 Å². The van der Waals surface area contributed by atoms with E-state index in [-0.39, 0.29) is 0 Å². The van der Waals surface area contributed by atoms with E-state index in [2.05, 4.69) is 6.58 Å². The van der Waals surface area contributed by atoms with Crippen LogP contribution in [0.15, 0.2) is 30.8 Å². The molecule has 6 heteroatoms. The first-order valence-corrected chi connectivity index (χ1v) is 6.81. The van der Waals surface area contributed by atoms with E-state index in [9.17, 15) is 13.2 Å². The highest BCUT2D eigenvalue weighted by atomic mass is 32.2. The Morgan fingerprint density at radius 2 is 2.00 bits per heavy atom. The van der Waals surface area contributed by atoms with Crippen molar-refractivity contribution in [3.8, 4) is 0 Å². The van der Waals surface area contributed by atoms with Crippen molar-refractivity contribution in [1.82, 2.24) is 0 Å². The van der Waals surface area contributed by atoms with Crippen molar-refractivity contribution in [2.75, 3.05) is 5.75 Å². The molecular formula is C12H14O5S. The number of rotatable bonds is 5. The highest BCUT2D eigenvalue weighted by molar-refractivity contribution is 7.85. The van der Waals surface area contributed by atoms with Gasteiger partial charge in [-0.05, 0) is 24.6 Å². The molecule has 1 aromatic rings. The Bertz CT molecular complexity index is 530. The Kier molecular flexibility index (Phi) is 4.63. The molecule has 1 unspecified atom stereocenters. The molecule has 1 N–H and O–H groups in total. The summed E-state index contributed by atoms with van der Waals surface area (Å²) >= 11 is 0. The zero-order valence-electron chi connectivity index (χ0n) is 9.87. The van der Waals surface area contributed by atoms with Gasteiger partial charge in [-0.25, -0.2) is 4.79 Å². The third-order valence-corrected chi connectivity index (χ3v) is 3.03. The Balaban J connectivity index is 2.67. The second-order valence-electron chi connectivity index (χ2n) is 3.79. The van der Waals surface area contributed by atoms with Crippen LogP contribution in [0.5, 0.6) is 0 Å². The smallest absolute Gasteiger partial charge is 0.338 e. The lowest BCUT2D eigenvalue weighted by Gasteiger charge is -2.11. The summed E-state index contributed by atoms with van der Waals surface area (Å²) in [6.07, 6.45) is 0.724. The number of esters is 1. The third kappa shape index (κ3) is 4.68. The first kappa shape index (κ1) is 14.4. The van der Waals surface area contributed by atoms with E-state index in [1.54, 1.807) is 30.3 Å². The molecule has 0 amide bonds. The Labute approximate surface area is 106 Å². The molecule has 1 aromatic carbocycles. The van der Waals surface area contributed by atoms with Crippen molar-refractivity contribution in [3.63, 3.8) is 0 Å². The van der Waals surface area contributed by atoms with Crippen LogP contribution in [0.3, 0.4) is 0 Å². The van der Waals surface area contributed by atoms with Crippen LogP contribution >= 0.6 is 0 Å². The zero-order chi connectivity index (χ0) is 13.8. The monoisotopic (exact) mass is 270 g/mol. The lowest BCUT2D eigenvalue weighted by molar-refractivity contribution is 0.0382. The fourth-order valence-corrected chi connectivity index (χ4v) is 2.00. The van der Waals surface area contributed by atoms with Gasteiger partial charge in [0.05, 0.1) is 5.56 Å². The van der Waals surface area contributed by atoms with E-state index in [4.69, 9.17) is 9.29 Å². The van der Waals surface area contributed by atoms with E-state index in [1.807, 2.05) is 0 Å². The number of hydrogen-bond donors (Lipinski definition) is 1. The van der Waals surface area contributed by atoms with Crippen LogP contribution in [0.1, 0.15) is 22.8 Å². The summed E-state index contributed by atoms with van der Waals surface area (Å²) < 4.78 is 34.7. The van der Waals surface area contributed by atoms with Crippen LogP contribution in [0.2, 0.25) is 0 Å². The average molecular weight is 270 g/mol. The largest absolute Gasteiger partial charge is 0.458 e. The number of hydrogen-bond acceptors (Lipinski definition) is 4. The summed E-state index contributed by atoms with van der Waals surface area (Å²) in [5.74, 6) is -1.26. The van der Waals surface area contributed by atoms with E-state index in [0.29, 0.717) is 5.56 Å². The predicted molar refractivity (Wildman–Crippen MR) is 67.8 cm³/mol. The molecule has 5 nitrogen and oxygen atoms in total. The molecule has 0 bridgehead atoms. The maximum absolute atomic E-state index is 11.6. The third-order valence-electron chi connectivity index (χ3n) is 2.14. The molecule has 0 saturated heterocycles. The van der Waals surface area contributed by atoms with Gasteiger partial charge in [0.25, 0.3) is 10.1 Å². The summed E-state index contributed by atoms with van der Waals surface area (Å²) in [4.78, 5) is 11.6. The van der Waals surface area contributed by atoms with Crippen LogP contribution in [0, 0.1) is 0 Å². The number of carbonyl (C=O) groups excluding carboxylic acids is 1. The molecule has 1 atom stereocenters. The molecule has 0 spiro atoms. The van der Waals surface area contributed by atoms with Crippen molar-refractivity contribution < 1.29 is 22.5 Å². The SMILES string of the molecule is C=Cc1ccc(C(=O)OC(C)CS(=O)(=O)O)cc1. The number of carbonyl (C=O) groups is 1. The first-order valence-electron chi connectivity index (χ1n) is 5.20. The quantitative estimate of drug-likeness (QED) is 0.651. The normalized spacial score (nSPS) is 12.8. The van der Waals surface area contributed by atoms with Crippen LogP contribution in [0.25, 0.3) is 6.08 Å². The highest BCUT2D eigenvalue weighted by Crippen LogP contribution is 2.08. The maximum atomic E-state index is 11.6. The lowest BCUT2D eigenvalue weighted by atomic mass is 10.1. The Morgan fingerprint density at radius 3 is 2.44 bits per heavy atom. The van der Waals surface area contributed by atoms with Gasteiger partial charge in [-0.1, -0.05) is 24.8 Å². The van der Waals surface area contributed by atoms with Gasteiger partial charge in [-0.3, -0.25) is 4.55 Å². The molecular weight excluding hydrogens is 256 g/mol. The van der Waals surface area contributed by atoms with Crippen LogP contribution in [-0.4, -0.2) is 30.8 Å². The second kappa shape index (κ2) is 5.79. The highest BCUT2D eigenvalue weighted by Gasteiger charge is 2.17. The molecule has 0 fully saturated rings. The molecule has 0 radical (unpaired) electrons. The van der Waals surface area contributed by atoms with Gasteiger partial charge in [0.15, 0.2) is 0 Å². The Hall–Kier alpha value is -1.66. The predicted octanol–water partition coefficient (Wildman–Crippen LogP) is 1.76. The minimum atomic E-state index is -4.15. The first-order chi connectivity index (χ1) is 8.31. The van der Waals surface area contributed by atoms with E-state index >= 15 is 0 Å². The van der Waals surface area contributed by atoms with Gasteiger partial charge >= 0.3 is 5.97 Å². The molecule has 1 rings (SSSR count). The summed E-state index contributed by atoms with van der Waals surface area (Å²) in [6.45, 7) is 4.98. The van der Waals surface area contributed by atoms with Gasteiger partial charge in [0.1, 0.15) is 11.9 Å². The molecule has 98 valence electrons. The van der Waals surface area contributed by atoms with Crippen molar-refractivity contribution in [2.24, 2.45) is 0 Å². The summed E-state index contributed by atoms with van der Waals surface area (Å²) in [5.41, 5.74) is 1.17. The van der Waals surface area contributed by atoms with Gasteiger partial charge in [-0.15, -0.1) is 0 Å². The molecule has 0 heterocycles. The molecule has 0 saturated carbocycles. The minimum Gasteiger partial charge on any atom is -0.458 e. The second-order valence-corrected chi connectivity index (χ2v) is 5.29. The standard InChI is InChI=1S/C12H14O5S/c1-3-10-4-6-11(7-5-10)12(13)17-9(2)8-18(14,15)16/h3-7,9H,1,8H2,2H3,(H,14,15,16). The van der Waals surface area contributed by atoms with Gasteiger partial charge in [-0.2, -0.15) is 8.42 Å². The molecule has 0 aliphatic carbocycles. The molecule has 0 aromatic heterocycles. The molecule has 0 aliphatic heterocycles. The van der Waals surface area contributed by atoms with Crippen LogP contribution < -0.4 is 0 Å². The fraction of sp³-hybridized carbons (Fsp3) is 0.250. The zero-order valence-corrected chi connectivity index (χ0v) is 10.7. The topological polar surface area (TPSA) is 80.7 Å². The van der Waals surface area contributed by atoms with Gasteiger partial charge in [0.2, 0.25) is 0 Å². The Morgan fingerprint density at radius 1 is 1.44 bits per heavy atom. The maximum Gasteiger partial charge on any atom is 0.338 e. The number of benzene rings is 1. The molecule has 0 aliphatic rings. The van der Waals surface area contributed by atoms with Crippen LogP contribution in [-0.2, 0) is 14.9 Å². The van der Waals surface area contributed by atoms with E-state index in [0.717, 1.165) is 5.56 Å². The van der Waals surface area contributed by atoms with Crippen LogP contribution in [0.4, 0.5) is 0 Å². The fourth-order valence-electron chi connectivity index (χ4n) is 1.34.